The third kappa shape index (κ3) is 3.25. The first-order valence-corrected chi connectivity index (χ1v) is 8.73. The molecule has 0 atom stereocenters. The maximum atomic E-state index is 12.5. The van der Waals surface area contributed by atoms with Crippen molar-refractivity contribution in [2.75, 3.05) is 7.11 Å². The quantitative estimate of drug-likeness (QED) is 0.672. The topological polar surface area (TPSA) is 60.7 Å². The highest BCUT2D eigenvalue weighted by molar-refractivity contribution is 7.16. The Morgan fingerprint density at radius 3 is 2.40 bits per heavy atom. The molecule has 0 N–H and O–H groups in total. The first-order chi connectivity index (χ1) is 12.0. The molecule has 0 aliphatic rings. The van der Waals surface area contributed by atoms with Gasteiger partial charge in [0.1, 0.15) is 11.3 Å². The van der Waals surface area contributed by atoms with Gasteiger partial charge < -0.3 is 9.30 Å². The summed E-state index contributed by atoms with van der Waals surface area (Å²) in [5.41, 5.74) is 1.97. The van der Waals surface area contributed by atoms with Crippen molar-refractivity contribution in [1.82, 2.24) is 4.57 Å². The number of carbonyl (C=O) groups excluding carboxylic acids is 2. The first-order valence-electron chi connectivity index (χ1n) is 7.91. The van der Waals surface area contributed by atoms with Crippen molar-refractivity contribution >= 4 is 33.2 Å². The second kappa shape index (κ2) is 7.03. The predicted molar refractivity (Wildman–Crippen MR) is 98.4 cm³/mol. The molecule has 3 aromatic rings. The molecule has 6 heteroatoms. The van der Waals surface area contributed by atoms with Crippen molar-refractivity contribution in [3.8, 4) is 5.75 Å². The molecule has 1 heterocycles. The van der Waals surface area contributed by atoms with E-state index < -0.39 is 0 Å². The Kier molecular flexibility index (Phi) is 4.81. The molecule has 1 amide bonds. The van der Waals surface area contributed by atoms with E-state index in [4.69, 9.17) is 4.74 Å². The molecular formula is C19H18N2O3S. The Morgan fingerprint density at radius 1 is 1.12 bits per heavy atom. The van der Waals surface area contributed by atoms with Crippen LogP contribution in [0, 0.1) is 0 Å². The van der Waals surface area contributed by atoms with Gasteiger partial charge in [0.25, 0.3) is 5.91 Å². The van der Waals surface area contributed by atoms with Crippen molar-refractivity contribution in [2.24, 2.45) is 4.99 Å². The lowest BCUT2D eigenvalue weighted by molar-refractivity contribution is 0.0991. The van der Waals surface area contributed by atoms with Crippen LogP contribution in [0.1, 0.15) is 34.6 Å². The van der Waals surface area contributed by atoms with Gasteiger partial charge in [-0.3, -0.25) is 9.59 Å². The average Bonchev–Trinajstić information content (AvgIpc) is 2.98. The van der Waals surface area contributed by atoms with Gasteiger partial charge in [0.05, 0.1) is 11.8 Å². The second-order valence-electron chi connectivity index (χ2n) is 5.49. The predicted octanol–water partition coefficient (Wildman–Crippen LogP) is 3.68. The van der Waals surface area contributed by atoms with E-state index in [1.807, 2.05) is 29.7 Å². The number of thiazole rings is 1. The summed E-state index contributed by atoms with van der Waals surface area (Å²) < 4.78 is 8.42. The van der Waals surface area contributed by atoms with Crippen LogP contribution in [0.2, 0.25) is 0 Å². The largest absolute Gasteiger partial charge is 0.495 e. The van der Waals surface area contributed by atoms with Gasteiger partial charge in [-0.05, 0) is 38.1 Å². The fourth-order valence-electron chi connectivity index (χ4n) is 2.64. The Balaban J connectivity index is 2.08. The number of amides is 1. The molecule has 2 aromatic carbocycles. The van der Waals surface area contributed by atoms with E-state index in [0.29, 0.717) is 22.5 Å². The summed E-state index contributed by atoms with van der Waals surface area (Å²) in [6.07, 6.45) is 0. The number of benzene rings is 2. The highest BCUT2D eigenvalue weighted by atomic mass is 32.1. The van der Waals surface area contributed by atoms with Gasteiger partial charge in [-0.15, -0.1) is 0 Å². The zero-order chi connectivity index (χ0) is 18.0. The smallest absolute Gasteiger partial charge is 0.279 e. The summed E-state index contributed by atoms with van der Waals surface area (Å²) in [5, 5.41) is 0. The lowest BCUT2D eigenvalue weighted by Gasteiger charge is -2.05. The van der Waals surface area contributed by atoms with Crippen LogP contribution in [0.4, 0.5) is 0 Å². The Bertz CT molecular complexity index is 1010. The molecule has 128 valence electrons. The molecule has 0 aliphatic carbocycles. The van der Waals surface area contributed by atoms with Gasteiger partial charge in [0.2, 0.25) is 0 Å². The second-order valence-corrected chi connectivity index (χ2v) is 6.50. The SMILES string of the molecule is CCn1c(=NC(=O)c2ccc(C(C)=O)cc2)sc2cccc(OC)c21. The van der Waals surface area contributed by atoms with E-state index in [0.717, 1.165) is 16.0 Å². The fourth-order valence-corrected chi connectivity index (χ4v) is 3.75. The maximum Gasteiger partial charge on any atom is 0.279 e. The number of hydrogen-bond donors (Lipinski definition) is 0. The number of carbonyl (C=O) groups is 2. The number of hydrogen-bond acceptors (Lipinski definition) is 4. The molecule has 0 bridgehead atoms. The van der Waals surface area contributed by atoms with E-state index in [2.05, 4.69) is 4.99 Å². The molecule has 0 unspecified atom stereocenters. The highest BCUT2D eigenvalue weighted by Crippen LogP contribution is 2.27. The molecule has 0 aliphatic heterocycles. The minimum Gasteiger partial charge on any atom is -0.495 e. The Morgan fingerprint density at radius 2 is 1.80 bits per heavy atom. The van der Waals surface area contributed by atoms with E-state index in [1.54, 1.807) is 31.4 Å². The van der Waals surface area contributed by atoms with Gasteiger partial charge in [-0.2, -0.15) is 4.99 Å². The van der Waals surface area contributed by atoms with Crippen LogP contribution < -0.4 is 9.54 Å². The van der Waals surface area contributed by atoms with E-state index >= 15 is 0 Å². The number of rotatable bonds is 4. The van der Waals surface area contributed by atoms with Crippen LogP contribution in [0.15, 0.2) is 47.5 Å². The summed E-state index contributed by atoms with van der Waals surface area (Å²) in [6, 6.07) is 12.4. The minimum atomic E-state index is -0.331. The highest BCUT2D eigenvalue weighted by Gasteiger charge is 2.12. The van der Waals surface area contributed by atoms with Gasteiger partial charge >= 0.3 is 0 Å². The average molecular weight is 354 g/mol. The summed E-state index contributed by atoms with van der Waals surface area (Å²) in [5.74, 6) is 0.398. The number of Topliss-reactive ketones (excluding diaryl/α,β-unsaturated/α-hetero) is 1. The molecular weight excluding hydrogens is 336 g/mol. The number of aryl methyl sites for hydroxylation is 1. The number of methoxy groups -OCH3 is 1. The minimum absolute atomic E-state index is 0.0311. The zero-order valence-electron chi connectivity index (χ0n) is 14.3. The summed E-state index contributed by atoms with van der Waals surface area (Å²) in [6.45, 7) is 4.18. The molecule has 1 aromatic heterocycles. The normalized spacial score (nSPS) is 11.7. The van der Waals surface area contributed by atoms with Crippen LogP contribution in [0.3, 0.4) is 0 Å². The standard InChI is InChI=1S/C19H18N2O3S/c1-4-21-17-15(24-3)6-5-7-16(17)25-19(21)20-18(23)14-10-8-13(9-11-14)12(2)22/h5-11H,4H2,1-3H3. The number of nitrogens with zero attached hydrogens (tertiary/aromatic N) is 2. The number of para-hydroxylation sites is 1. The molecule has 25 heavy (non-hydrogen) atoms. The van der Waals surface area contributed by atoms with E-state index in [-0.39, 0.29) is 11.7 Å². The monoisotopic (exact) mass is 354 g/mol. The van der Waals surface area contributed by atoms with Crippen LogP contribution in [0.25, 0.3) is 10.2 Å². The molecule has 0 saturated carbocycles. The fraction of sp³-hybridized carbons (Fsp3) is 0.211. The number of ether oxygens (including phenoxy) is 1. The first kappa shape index (κ1) is 17.1. The van der Waals surface area contributed by atoms with Crippen molar-refractivity contribution in [3.05, 3.63) is 58.4 Å². The lowest BCUT2D eigenvalue weighted by atomic mass is 10.1. The van der Waals surface area contributed by atoms with Gasteiger partial charge in [-0.1, -0.05) is 29.5 Å². The van der Waals surface area contributed by atoms with Crippen LogP contribution in [-0.2, 0) is 6.54 Å². The van der Waals surface area contributed by atoms with Crippen molar-refractivity contribution in [2.45, 2.75) is 20.4 Å². The number of aromatic nitrogens is 1. The van der Waals surface area contributed by atoms with Crippen molar-refractivity contribution < 1.29 is 14.3 Å². The molecule has 3 rings (SSSR count). The van der Waals surface area contributed by atoms with Crippen LogP contribution in [0.5, 0.6) is 5.75 Å². The third-order valence-electron chi connectivity index (χ3n) is 3.94. The third-order valence-corrected chi connectivity index (χ3v) is 4.98. The summed E-state index contributed by atoms with van der Waals surface area (Å²) in [7, 11) is 1.63. The summed E-state index contributed by atoms with van der Waals surface area (Å²) >= 11 is 1.45. The number of fused-ring (bicyclic) bond motifs is 1. The lowest BCUT2D eigenvalue weighted by Crippen LogP contribution is -2.16. The van der Waals surface area contributed by atoms with Crippen molar-refractivity contribution in [3.63, 3.8) is 0 Å². The van der Waals surface area contributed by atoms with Gasteiger partial charge in [-0.25, -0.2) is 0 Å². The van der Waals surface area contributed by atoms with Crippen LogP contribution >= 0.6 is 11.3 Å². The number of ketones is 1. The van der Waals surface area contributed by atoms with Gasteiger partial charge in [0.15, 0.2) is 10.6 Å². The molecule has 0 radical (unpaired) electrons. The molecule has 5 nitrogen and oxygen atoms in total. The summed E-state index contributed by atoms with van der Waals surface area (Å²) in [4.78, 5) is 28.8. The maximum absolute atomic E-state index is 12.5. The van der Waals surface area contributed by atoms with E-state index in [9.17, 15) is 9.59 Å². The van der Waals surface area contributed by atoms with Crippen LogP contribution in [-0.4, -0.2) is 23.4 Å². The van der Waals surface area contributed by atoms with Gasteiger partial charge in [0, 0.05) is 17.7 Å². The Labute approximate surface area is 149 Å². The molecule has 0 spiro atoms. The zero-order valence-corrected chi connectivity index (χ0v) is 15.1. The molecule has 0 saturated heterocycles. The van der Waals surface area contributed by atoms with Crippen molar-refractivity contribution in [1.29, 1.82) is 0 Å². The molecule has 0 fully saturated rings. The van der Waals surface area contributed by atoms with E-state index in [1.165, 1.54) is 18.3 Å². The Hall–Kier alpha value is -2.73.